The smallest absolute Gasteiger partial charge is 0.182 e. The molecule has 21 heavy (non-hydrogen) atoms. The van der Waals surface area contributed by atoms with E-state index in [9.17, 15) is 0 Å². The molecule has 0 atom stereocenters. The molecule has 0 radical (unpaired) electrons. The highest BCUT2D eigenvalue weighted by atomic mass is 79.9. The summed E-state index contributed by atoms with van der Waals surface area (Å²) >= 11 is 3.39. The number of anilines is 1. The Bertz CT molecular complexity index is 781. The number of aryl methyl sites for hydroxylation is 1. The van der Waals surface area contributed by atoms with E-state index >= 15 is 0 Å². The maximum atomic E-state index is 5.93. The lowest BCUT2D eigenvalue weighted by molar-refractivity contribution is 0.651. The van der Waals surface area contributed by atoms with Gasteiger partial charge in [-0.25, -0.2) is 4.68 Å². The molecule has 2 N–H and O–H groups in total. The van der Waals surface area contributed by atoms with Crippen LogP contribution in [-0.4, -0.2) is 20.2 Å². The highest BCUT2D eigenvalue weighted by Crippen LogP contribution is 2.25. The Morgan fingerprint density at radius 3 is 2.76 bits per heavy atom. The van der Waals surface area contributed by atoms with Crippen LogP contribution in [0.15, 0.2) is 46.9 Å². The molecular weight excluding hydrogens is 330 g/mol. The number of nitrogens with zero attached hydrogens (tertiary/aromatic N) is 4. The van der Waals surface area contributed by atoms with Crippen molar-refractivity contribution < 1.29 is 0 Å². The van der Waals surface area contributed by atoms with Crippen molar-refractivity contribution in [3.05, 3.63) is 58.1 Å². The van der Waals surface area contributed by atoms with Crippen LogP contribution < -0.4 is 5.73 Å². The fourth-order valence-corrected chi connectivity index (χ4v) is 2.40. The fourth-order valence-electron chi connectivity index (χ4n) is 2.15. The first-order valence-electron chi connectivity index (χ1n) is 6.51. The van der Waals surface area contributed by atoms with Gasteiger partial charge in [-0.1, -0.05) is 24.3 Å². The molecule has 3 rings (SSSR count). The lowest BCUT2D eigenvalue weighted by Gasteiger charge is -2.08. The normalized spacial score (nSPS) is 10.8. The van der Waals surface area contributed by atoms with E-state index in [1.54, 1.807) is 4.68 Å². The molecule has 1 aromatic heterocycles. The van der Waals surface area contributed by atoms with Crippen molar-refractivity contribution in [3.63, 3.8) is 0 Å². The van der Waals surface area contributed by atoms with Gasteiger partial charge in [0, 0.05) is 15.7 Å². The number of nitrogens with two attached hydrogens (primary N) is 1. The third-order valence-corrected chi connectivity index (χ3v) is 4.09. The zero-order valence-electron chi connectivity index (χ0n) is 11.5. The molecule has 0 unspecified atom stereocenters. The third kappa shape index (κ3) is 2.80. The molecule has 0 aliphatic rings. The predicted molar refractivity (Wildman–Crippen MR) is 85.6 cm³/mol. The largest absolute Gasteiger partial charge is 0.398 e. The second-order valence-corrected chi connectivity index (χ2v) is 5.68. The summed E-state index contributed by atoms with van der Waals surface area (Å²) in [7, 11) is 0. The van der Waals surface area contributed by atoms with Crippen LogP contribution >= 0.6 is 15.9 Å². The van der Waals surface area contributed by atoms with Gasteiger partial charge >= 0.3 is 0 Å². The molecule has 0 aliphatic carbocycles. The van der Waals surface area contributed by atoms with Crippen LogP contribution in [0, 0.1) is 6.92 Å². The number of benzene rings is 2. The van der Waals surface area contributed by atoms with Crippen LogP contribution in [0.4, 0.5) is 5.69 Å². The molecule has 106 valence electrons. The van der Waals surface area contributed by atoms with Gasteiger partial charge in [0.2, 0.25) is 0 Å². The highest BCUT2D eigenvalue weighted by molar-refractivity contribution is 9.10. The number of rotatable bonds is 3. The standard InChI is InChI=1S/C15H14BrN5/c1-10-4-2-3-5-12(10)9-21-15(18-19-20-21)11-6-7-13(16)14(17)8-11/h2-8H,9,17H2,1H3. The minimum absolute atomic E-state index is 0.630. The average molecular weight is 344 g/mol. The number of hydrogen-bond donors (Lipinski definition) is 1. The molecule has 0 saturated heterocycles. The van der Waals surface area contributed by atoms with Gasteiger partial charge in [-0.15, -0.1) is 5.10 Å². The van der Waals surface area contributed by atoms with E-state index in [4.69, 9.17) is 5.73 Å². The van der Waals surface area contributed by atoms with Crippen LogP contribution in [0.2, 0.25) is 0 Å². The van der Waals surface area contributed by atoms with Gasteiger partial charge in [0.1, 0.15) is 0 Å². The van der Waals surface area contributed by atoms with Gasteiger partial charge in [-0.3, -0.25) is 0 Å². The zero-order chi connectivity index (χ0) is 14.8. The summed E-state index contributed by atoms with van der Waals surface area (Å²) in [6, 6.07) is 13.9. The second-order valence-electron chi connectivity index (χ2n) is 4.82. The Balaban J connectivity index is 1.97. The Morgan fingerprint density at radius 2 is 2.00 bits per heavy atom. The summed E-state index contributed by atoms with van der Waals surface area (Å²) in [6.45, 7) is 2.71. The molecule has 6 heteroatoms. The molecule has 3 aromatic rings. The Hall–Kier alpha value is -2.21. The Labute approximate surface area is 130 Å². The van der Waals surface area contributed by atoms with E-state index < -0.39 is 0 Å². The van der Waals surface area contributed by atoms with Gasteiger partial charge in [-0.05, 0) is 62.6 Å². The van der Waals surface area contributed by atoms with Gasteiger partial charge in [0.15, 0.2) is 5.82 Å². The molecule has 5 nitrogen and oxygen atoms in total. The lowest BCUT2D eigenvalue weighted by atomic mass is 10.1. The predicted octanol–water partition coefficient (Wildman–Crippen LogP) is 3.04. The molecule has 0 aliphatic heterocycles. The molecule has 0 amide bonds. The van der Waals surface area contributed by atoms with E-state index in [1.807, 2.05) is 30.3 Å². The van der Waals surface area contributed by atoms with Crippen LogP contribution in [0.1, 0.15) is 11.1 Å². The summed E-state index contributed by atoms with van der Waals surface area (Å²) < 4.78 is 2.65. The molecule has 0 bridgehead atoms. The van der Waals surface area contributed by atoms with Gasteiger partial charge in [-0.2, -0.15) is 0 Å². The monoisotopic (exact) mass is 343 g/mol. The maximum Gasteiger partial charge on any atom is 0.182 e. The van der Waals surface area contributed by atoms with Crippen molar-refractivity contribution in [1.82, 2.24) is 20.2 Å². The van der Waals surface area contributed by atoms with Crippen molar-refractivity contribution in [2.75, 3.05) is 5.73 Å². The van der Waals surface area contributed by atoms with Gasteiger partial charge in [0.25, 0.3) is 0 Å². The summed E-state index contributed by atoms with van der Waals surface area (Å²) in [5.41, 5.74) is 9.90. The summed E-state index contributed by atoms with van der Waals surface area (Å²) in [4.78, 5) is 0. The minimum Gasteiger partial charge on any atom is -0.398 e. The van der Waals surface area contributed by atoms with Crippen LogP contribution in [0.3, 0.4) is 0 Å². The molecule has 2 aromatic carbocycles. The highest BCUT2D eigenvalue weighted by Gasteiger charge is 2.11. The van der Waals surface area contributed by atoms with Crippen molar-refractivity contribution in [2.24, 2.45) is 0 Å². The molecule has 0 saturated carbocycles. The Morgan fingerprint density at radius 1 is 1.19 bits per heavy atom. The van der Waals surface area contributed by atoms with Crippen LogP contribution in [0.25, 0.3) is 11.4 Å². The first kappa shape index (κ1) is 13.8. The van der Waals surface area contributed by atoms with E-state index in [0.717, 1.165) is 10.0 Å². The van der Waals surface area contributed by atoms with E-state index in [-0.39, 0.29) is 0 Å². The summed E-state index contributed by atoms with van der Waals surface area (Å²) in [5.74, 6) is 0.706. The van der Waals surface area contributed by atoms with Crippen molar-refractivity contribution in [2.45, 2.75) is 13.5 Å². The maximum absolute atomic E-state index is 5.93. The average Bonchev–Trinajstić information content (AvgIpc) is 2.93. The van der Waals surface area contributed by atoms with Crippen molar-refractivity contribution in [3.8, 4) is 11.4 Å². The van der Waals surface area contributed by atoms with Crippen LogP contribution in [0.5, 0.6) is 0 Å². The van der Waals surface area contributed by atoms with Crippen LogP contribution in [-0.2, 0) is 6.54 Å². The zero-order valence-corrected chi connectivity index (χ0v) is 13.1. The first-order chi connectivity index (χ1) is 10.1. The second kappa shape index (κ2) is 5.65. The lowest BCUT2D eigenvalue weighted by Crippen LogP contribution is -2.06. The van der Waals surface area contributed by atoms with Crippen molar-refractivity contribution in [1.29, 1.82) is 0 Å². The number of nitrogen functional groups attached to an aromatic ring is 1. The number of aromatic nitrogens is 4. The fraction of sp³-hybridized carbons (Fsp3) is 0.133. The van der Waals surface area contributed by atoms with Gasteiger partial charge < -0.3 is 5.73 Å². The quantitative estimate of drug-likeness (QED) is 0.742. The number of hydrogen-bond acceptors (Lipinski definition) is 4. The SMILES string of the molecule is Cc1ccccc1Cn1nnnc1-c1ccc(Br)c(N)c1. The number of tetrazole rings is 1. The third-order valence-electron chi connectivity index (χ3n) is 3.37. The minimum atomic E-state index is 0.630. The van der Waals surface area contributed by atoms with Gasteiger partial charge in [0.05, 0.1) is 6.54 Å². The number of halogens is 1. The first-order valence-corrected chi connectivity index (χ1v) is 7.30. The van der Waals surface area contributed by atoms with Crippen molar-refractivity contribution >= 4 is 21.6 Å². The molecule has 0 spiro atoms. The topological polar surface area (TPSA) is 69.6 Å². The summed E-state index contributed by atoms with van der Waals surface area (Å²) in [6.07, 6.45) is 0. The molecule has 0 fully saturated rings. The molecule has 1 heterocycles. The summed E-state index contributed by atoms with van der Waals surface area (Å²) in [5, 5.41) is 12.0. The van der Waals surface area contributed by atoms with E-state index in [2.05, 4.69) is 50.5 Å². The van der Waals surface area contributed by atoms with E-state index in [1.165, 1.54) is 11.1 Å². The Kier molecular flexibility index (Phi) is 3.70. The van der Waals surface area contributed by atoms with E-state index in [0.29, 0.717) is 18.1 Å². The molecular formula is C15H14BrN5.